The maximum absolute atomic E-state index is 7.14. The van der Waals surface area contributed by atoms with Crippen LogP contribution in [0, 0.1) is 17.2 Å². The zero-order chi connectivity index (χ0) is 10.5. The van der Waals surface area contributed by atoms with E-state index in [-0.39, 0.29) is 4.75 Å². The summed E-state index contributed by atoms with van der Waals surface area (Å²) >= 11 is 1.58. The Labute approximate surface area is 86.5 Å². The molecule has 1 N–H and O–H groups in total. The lowest BCUT2D eigenvalue weighted by atomic mass is 9.95. The quantitative estimate of drug-likeness (QED) is 0.404. The minimum atomic E-state index is 0.0754. The van der Waals surface area contributed by atoms with E-state index in [1.54, 1.807) is 11.8 Å². The molecule has 0 spiro atoms. The van der Waals surface area contributed by atoms with Crippen LogP contribution < -0.4 is 0 Å². The number of hydrogen-bond donors (Lipinski definition) is 1. The predicted molar refractivity (Wildman–Crippen MR) is 63.6 cm³/mol. The van der Waals surface area contributed by atoms with Crippen LogP contribution in [0.1, 0.15) is 34.6 Å². The first kappa shape index (κ1) is 12.8. The van der Waals surface area contributed by atoms with E-state index in [0.29, 0.717) is 11.8 Å². The summed E-state index contributed by atoms with van der Waals surface area (Å²) in [5.41, 5.74) is 1.44. The predicted octanol–water partition coefficient (Wildman–Crippen LogP) is 3.95. The fraction of sp³-hybridized carbons (Fsp3) is 0.727. The average Bonchev–Trinajstić information content (AvgIpc) is 2.01. The Kier molecular flexibility index (Phi) is 5.38. The monoisotopic (exact) mass is 199 g/mol. The Hall–Kier alpha value is -0.240. The lowest BCUT2D eigenvalue weighted by Gasteiger charge is -2.28. The smallest absolute Gasteiger partial charge is 0.0515 e. The first-order valence-corrected chi connectivity index (χ1v) is 5.66. The zero-order valence-electron chi connectivity index (χ0n) is 9.29. The molecular formula is C11H21NS. The number of rotatable bonds is 5. The van der Waals surface area contributed by atoms with Gasteiger partial charge in [-0.15, -0.1) is 11.8 Å². The van der Waals surface area contributed by atoms with Gasteiger partial charge < -0.3 is 5.41 Å². The molecule has 0 fully saturated rings. The van der Waals surface area contributed by atoms with Gasteiger partial charge in [-0.25, -0.2) is 0 Å². The van der Waals surface area contributed by atoms with Crippen LogP contribution in [-0.4, -0.2) is 10.3 Å². The molecule has 0 bridgehead atoms. The molecule has 1 atom stereocenters. The lowest BCUT2D eigenvalue weighted by Crippen LogP contribution is -2.24. The van der Waals surface area contributed by atoms with Gasteiger partial charge in [-0.3, -0.25) is 0 Å². The molecule has 0 aromatic rings. The summed E-state index contributed by atoms with van der Waals surface area (Å²) < 4.78 is 0.0754. The van der Waals surface area contributed by atoms with Gasteiger partial charge in [0.15, 0.2) is 0 Å². The molecule has 2 heteroatoms. The SMILES string of the molecule is CC(C)/C=C\C(C)(SC=N)C(C)C. The summed E-state index contributed by atoms with van der Waals surface area (Å²) in [6, 6.07) is 0. The van der Waals surface area contributed by atoms with Crippen molar-refractivity contribution < 1.29 is 0 Å². The Balaban J connectivity index is 4.49. The van der Waals surface area contributed by atoms with E-state index in [1.807, 2.05) is 0 Å². The topological polar surface area (TPSA) is 23.9 Å². The molecule has 0 amide bonds. The fourth-order valence-electron chi connectivity index (χ4n) is 0.878. The Morgan fingerprint density at radius 2 is 1.77 bits per heavy atom. The van der Waals surface area contributed by atoms with Crippen LogP contribution >= 0.6 is 11.8 Å². The molecule has 0 rings (SSSR count). The van der Waals surface area contributed by atoms with Crippen molar-refractivity contribution in [3.63, 3.8) is 0 Å². The van der Waals surface area contributed by atoms with Crippen molar-refractivity contribution >= 4 is 17.3 Å². The number of allylic oxidation sites excluding steroid dienone is 1. The molecule has 1 nitrogen and oxygen atoms in total. The third-order valence-corrected chi connectivity index (χ3v) is 3.50. The first-order valence-electron chi connectivity index (χ1n) is 4.78. The van der Waals surface area contributed by atoms with Crippen molar-refractivity contribution in [3.05, 3.63) is 12.2 Å². The summed E-state index contributed by atoms with van der Waals surface area (Å²) in [6.07, 6.45) is 4.45. The summed E-state index contributed by atoms with van der Waals surface area (Å²) in [5.74, 6) is 1.14. The van der Waals surface area contributed by atoms with Gasteiger partial charge >= 0.3 is 0 Å². The van der Waals surface area contributed by atoms with Crippen LogP contribution in [0.3, 0.4) is 0 Å². The highest BCUT2D eigenvalue weighted by atomic mass is 32.2. The maximum Gasteiger partial charge on any atom is 0.0515 e. The first-order chi connectivity index (χ1) is 5.92. The molecule has 0 saturated carbocycles. The normalized spacial score (nSPS) is 16.8. The second-order valence-corrected chi connectivity index (χ2v) is 5.53. The van der Waals surface area contributed by atoms with Gasteiger partial charge in [0.25, 0.3) is 0 Å². The number of nitrogens with one attached hydrogen (secondary N) is 1. The molecule has 0 aliphatic carbocycles. The molecule has 13 heavy (non-hydrogen) atoms. The molecule has 76 valence electrons. The van der Waals surface area contributed by atoms with Crippen molar-refractivity contribution in [1.82, 2.24) is 0 Å². The number of thioether (sulfide) groups is 1. The third kappa shape index (κ3) is 4.51. The lowest BCUT2D eigenvalue weighted by molar-refractivity contribution is 0.547. The van der Waals surface area contributed by atoms with Gasteiger partial charge in [-0.05, 0) is 18.8 Å². The zero-order valence-corrected chi connectivity index (χ0v) is 10.1. The molecular weight excluding hydrogens is 178 g/mol. The molecule has 0 aliphatic rings. The van der Waals surface area contributed by atoms with Crippen molar-refractivity contribution in [3.8, 4) is 0 Å². The van der Waals surface area contributed by atoms with Gasteiger partial charge in [-0.2, -0.15) is 0 Å². The van der Waals surface area contributed by atoms with Gasteiger partial charge in [0.2, 0.25) is 0 Å². The summed E-state index contributed by atoms with van der Waals surface area (Å²) in [4.78, 5) is 0. The highest BCUT2D eigenvalue weighted by Crippen LogP contribution is 2.32. The fourth-order valence-corrected chi connectivity index (χ4v) is 1.56. The van der Waals surface area contributed by atoms with Crippen LogP contribution in [0.25, 0.3) is 0 Å². The summed E-state index contributed by atoms with van der Waals surface area (Å²) in [6.45, 7) is 10.9. The van der Waals surface area contributed by atoms with Gasteiger partial charge in [0, 0.05) is 4.75 Å². The van der Waals surface area contributed by atoms with Crippen molar-refractivity contribution in [2.24, 2.45) is 11.8 Å². The highest BCUT2D eigenvalue weighted by molar-refractivity contribution is 8.13. The van der Waals surface area contributed by atoms with Crippen LogP contribution in [-0.2, 0) is 0 Å². The van der Waals surface area contributed by atoms with Crippen LogP contribution in [0.5, 0.6) is 0 Å². The minimum absolute atomic E-state index is 0.0754. The van der Waals surface area contributed by atoms with E-state index < -0.39 is 0 Å². The Bertz CT molecular complexity index is 185. The molecule has 0 heterocycles. The van der Waals surface area contributed by atoms with E-state index in [4.69, 9.17) is 5.41 Å². The Morgan fingerprint density at radius 1 is 1.23 bits per heavy atom. The van der Waals surface area contributed by atoms with Crippen LogP contribution in [0.15, 0.2) is 12.2 Å². The highest BCUT2D eigenvalue weighted by Gasteiger charge is 2.24. The molecule has 0 radical (unpaired) electrons. The molecule has 0 saturated heterocycles. The van der Waals surface area contributed by atoms with E-state index in [0.717, 1.165) is 0 Å². The average molecular weight is 199 g/mol. The van der Waals surface area contributed by atoms with Gasteiger partial charge in [0.05, 0.1) is 5.55 Å². The standard InChI is InChI=1S/C11H21NS/c1-9(2)6-7-11(5,10(3)4)13-8-12/h6-10,12H,1-5H3/b7-6-,12-8?. The minimum Gasteiger partial charge on any atom is -0.302 e. The number of hydrogen-bond acceptors (Lipinski definition) is 2. The van der Waals surface area contributed by atoms with Gasteiger partial charge in [-0.1, -0.05) is 39.8 Å². The molecule has 0 aromatic carbocycles. The van der Waals surface area contributed by atoms with E-state index in [1.165, 1.54) is 5.55 Å². The van der Waals surface area contributed by atoms with Crippen molar-refractivity contribution in [1.29, 1.82) is 5.41 Å². The van der Waals surface area contributed by atoms with E-state index >= 15 is 0 Å². The van der Waals surface area contributed by atoms with E-state index in [9.17, 15) is 0 Å². The van der Waals surface area contributed by atoms with Crippen molar-refractivity contribution in [2.75, 3.05) is 0 Å². The second kappa shape index (κ2) is 5.48. The van der Waals surface area contributed by atoms with Crippen molar-refractivity contribution in [2.45, 2.75) is 39.4 Å². The van der Waals surface area contributed by atoms with Crippen LogP contribution in [0.2, 0.25) is 0 Å². The van der Waals surface area contributed by atoms with E-state index in [2.05, 4.69) is 46.8 Å². The van der Waals surface area contributed by atoms with Crippen LogP contribution in [0.4, 0.5) is 0 Å². The van der Waals surface area contributed by atoms with Gasteiger partial charge in [0.1, 0.15) is 0 Å². The third-order valence-electron chi connectivity index (χ3n) is 2.27. The molecule has 0 aliphatic heterocycles. The molecule has 0 aromatic heterocycles. The Morgan fingerprint density at radius 3 is 2.08 bits per heavy atom. The molecule has 1 unspecified atom stereocenters. The second-order valence-electron chi connectivity index (χ2n) is 4.18. The maximum atomic E-state index is 7.14. The summed E-state index contributed by atoms with van der Waals surface area (Å²) in [7, 11) is 0. The summed E-state index contributed by atoms with van der Waals surface area (Å²) in [5, 5.41) is 7.14. The largest absolute Gasteiger partial charge is 0.302 e.